The van der Waals surface area contributed by atoms with Crippen LogP contribution in [0.1, 0.15) is 42.2 Å². The first-order valence-electron chi connectivity index (χ1n) is 6.93. The molecule has 0 aliphatic heterocycles. The lowest BCUT2D eigenvalue weighted by molar-refractivity contribution is -0.144. The van der Waals surface area contributed by atoms with E-state index in [-0.39, 0.29) is 19.0 Å². The van der Waals surface area contributed by atoms with E-state index >= 15 is 0 Å². The first-order valence-corrected chi connectivity index (χ1v) is 6.93. The van der Waals surface area contributed by atoms with Crippen LogP contribution in [0, 0.1) is 5.92 Å². The molecule has 1 aliphatic carbocycles. The number of alkyl halides is 3. The molecule has 0 aromatic carbocycles. The lowest BCUT2D eigenvalue weighted by atomic mass is 10.1. The van der Waals surface area contributed by atoms with Crippen LogP contribution in [0.3, 0.4) is 0 Å². The second-order valence-corrected chi connectivity index (χ2v) is 5.19. The number of aliphatic hydroxyl groups excluding tert-OH is 1. The number of aliphatic hydroxyl groups is 1. The quantitative estimate of drug-likeness (QED) is 0.891. The number of hydrogen-bond donors (Lipinski definition) is 2. The molecule has 2 atom stereocenters. The summed E-state index contributed by atoms with van der Waals surface area (Å²) in [6.45, 7) is 1.73. The molecule has 2 unspecified atom stereocenters. The van der Waals surface area contributed by atoms with Crippen LogP contribution in [0.5, 0.6) is 0 Å². The fourth-order valence-corrected chi connectivity index (χ4v) is 2.66. The number of nitrogens with zero attached hydrogens (tertiary/aromatic N) is 2. The SMILES string of the molecule is CCn1ncc(C(=O)NCC2CCCC2O)c1C(F)(F)F. The summed E-state index contributed by atoms with van der Waals surface area (Å²) < 4.78 is 39.8. The normalized spacial score (nSPS) is 22.5. The van der Waals surface area contributed by atoms with Gasteiger partial charge in [0.1, 0.15) is 0 Å². The zero-order valence-corrected chi connectivity index (χ0v) is 11.7. The average Bonchev–Trinajstić information content (AvgIpc) is 3.01. The maximum atomic E-state index is 13.0. The number of rotatable bonds is 4. The van der Waals surface area contributed by atoms with Gasteiger partial charge in [0.05, 0.1) is 17.9 Å². The van der Waals surface area contributed by atoms with Gasteiger partial charge >= 0.3 is 6.18 Å². The van der Waals surface area contributed by atoms with Crippen molar-refractivity contribution in [3.8, 4) is 0 Å². The highest BCUT2D eigenvalue weighted by Crippen LogP contribution is 2.32. The Labute approximate surface area is 120 Å². The van der Waals surface area contributed by atoms with Gasteiger partial charge in [0.15, 0.2) is 5.69 Å². The van der Waals surface area contributed by atoms with E-state index in [1.807, 2.05) is 0 Å². The van der Waals surface area contributed by atoms with Gasteiger partial charge < -0.3 is 10.4 Å². The predicted molar refractivity (Wildman–Crippen MR) is 68.6 cm³/mol. The Morgan fingerprint density at radius 1 is 1.52 bits per heavy atom. The summed E-state index contributed by atoms with van der Waals surface area (Å²) in [5.41, 5.74) is -1.51. The van der Waals surface area contributed by atoms with E-state index in [0.717, 1.165) is 23.7 Å². The van der Waals surface area contributed by atoms with Crippen LogP contribution in [-0.2, 0) is 12.7 Å². The first-order chi connectivity index (χ1) is 9.84. The smallest absolute Gasteiger partial charge is 0.393 e. The number of amides is 1. The van der Waals surface area contributed by atoms with Gasteiger partial charge in [-0.2, -0.15) is 18.3 Å². The third-order valence-electron chi connectivity index (χ3n) is 3.80. The zero-order chi connectivity index (χ0) is 15.6. The van der Waals surface area contributed by atoms with Crippen molar-refractivity contribution in [1.29, 1.82) is 0 Å². The van der Waals surface area contributed by atoms with Gasteiger partial charge in [0, 0.05) is 19.0 Å². The van der Waals surface area contributed by atoms with Crippen LogP contribution < -0.4 is 5.32 Å². The molecule has 0 spiro atoms. The van der Waals surface area contributed by atoms with Gasteiger partial charge in [-0.3, -0.25) is 9.48 Å². The minimum Gasteiger partial charge on any atom is -0.393 e. The van der Waals surface area contributed by atoms with Gasteiger partial charge in [0.25, 0.3) is 5.91 Å². The molecular weight excluding hydrogens is 287 g/mol. The van der Waals surface area contributed by atoms with Gasteiger partial charge in [-0.25, -0.2) is 0 Å². The van der Waals surface area contributed by atoms with Crippen LogP contribution in [-0.4, -0.2) is 33.4 Å². The van der Waals surface area contributed by atoms with Crippen molar-refractivity contribution in [3.05, 3.63) is 17.5 Å². The second-order valence-electron chi connectivity index (χ2n) is 5.19. The molecule has 1 fully saturated rings. The van der Waals surface area contributed by atoms with Crippen LogP contribution in [0.2, 0.25) is 0 Å². The molecule has 0 bridgehead atoms. The monoisotopic (exact) mass is 305 g/mol. The topological polar surface area (TPSA) is 67.2 Å². The molecular formula is C13H18F3N3O2. The first kappa shape index (κ1) is 15.8. The van der Waals surface area contributed by atoms with Crippen molar-refractivity contribution < 1.29 is 23.1 Å². The molecule has 1 aliphatic rings. The van der Waals surface area contributed by atoms with Crippen molar-refractivity contribution >= 4 is 5.91 Å². The minimum absolute atomic E-state index is 0.0312. The van der Waals surface area contributed by atoms with E-state index in [2.05, 4.69) is 10.4 Å². The molecule has 1 aromatic rings. The highest BCUT2D eigenvalue weighted by Gasteiger charge is 2.40. The standard InChI is InChI=1S/C13H18F3N3O2/c1-2-19-11(13(14,15)16)9(7-18-19)12(21)17-6-8-4-3-5-10(8)20/h7-8,10,20H,2-6H2,1H3,(H,17,21). The molecule has 1 amide bonds. The van der Waals surface area contributed by atoms with E-state index in [9.17, 15) is 23.1 Å². The van der Waals surface area contributed by atoms with E-state index in [1.165, 1.54) is 6.92 Å². The highest BCUT2D eigenvalue weighted by atomic mass is 19.4. The Balaban J connectivity index is 2.10. The van der Waals surface area contributed by atoms with Gasteiger partial charge in [-0.1, -0.05) is 6.42 Å². The summed E-state index contributed by atoms with van der Waals surface area (Å²) in [6, 6.07) is 0. The zero-order valence-electron chi connectivity index (χ0n) is 11.7. The molecule has 0 radical (unpaired) electrons. The Hall–Kier alpha value is -1.57. The maximum Gasteiger partial charge on any atom is 0.433 e. The summed E-state index contributed by atoms with van der Waals surface area (Å²) in [5.74, 6) is -0.898. The molecule has 1 saturated carbocycles. The summed E-state index contributed by atoms with van der Waals surface area (Å²) >= 11 is 0. The maximum absolute atomic E-state index is 13.0. The van der Waals surface area contributed by atoms with Crippen molar-refractivity contribution in [2.24, 2.45) is 5.92 Å². The third-order valence-corrected chi connectivity index (χ3v) is 3.80. The van der Waals surface area contributed by atoms with Gasteiger partial charge in [0.2, 0.25) is 0 Å². The molecule has 1 heterocycles. The number of carbonyl (C=O) groups is 1. The summed E-state index contributed by atoms with van der Waals surface area (Å²) in [5, 5.41) is 15.7. The number of carbonyl (C=O) groups excluding carboxylic acids is 1. The fraction of sp³-hybridized carbons (Fsp3) is 0.692. The summed E-state index contributed by atoms with van der Waals surface area (Å²) in [7, 11) is 0. The lowest BCUT2D eigenvalue weighted by Gasteiger charge is -2.16. The summed E-state index contributed by atoms with van der Waals surface area (Å²) in [6.07, 6.45) is -1.89. The molecule has 1 aromatic heterocycles. The molecule has 0 saturated heterocycles. The second kappa shape index (κ2) is 6.05. The Morgan fingerprint density at radius 2 is 2.24 bits per heavy atom. The number of aryl methyl sites for hydroxylation is 1. The molecule has 21 heavy (non-hydrogen) atoms. The van der Waals surface area contributed by atoms with E-state index < -0.39 is 29.4 Å². The van der Waals surface area contributed by atoms with Gasteiger partial charge in [-0.05, 0) is 19.8 Å². The van der Waals surface area contributed by atoms with Crippen LogP contribution in [0.15, 0.2) is 6.20 Å². The van der Waals surface area contributed by atoms with Crippen molar-refractivity contribution in [2.75, 3.05) is 6.54 Å². The molecule has 118 valence electrons. The predicted octanol–water partition coefficient (Wildman–Crippen LogP) is 1.81. The largest absolute Gasteiger partial charge is 0.433 e. The van der Waals surface area contributed by atoms with E-state index in [1.54, 1.807) is 0 Å². The lowest BCUT2D eigenvalue weighted by Crippen LogP contribution is -2.33. The van der Waals surface area contributed by atoms with Crippen molar-refractivity contribution in [2.45, 2.75) is 45.0 Å². The summed E-state index contributed by atoms with van der Waals surface area (Å²) in [4.78, 5) is 12.0. The molecule has 8 heteroatoms. The minimum atomic E-state index is -4.63. The third kappa shape index (κ3) is 3.37. The highest BCUT2D eigenvalue weighted by molar-refractivity contribution is 5.95. The molecule has 5 nitrogen and oxygen atoms in total. The van der Waals surface area contributed by atoms with Crippen molar-refractivity contribution in [1.82, 2.24) is 15.1 Å². The number of halogens is 3. The Morgan fingerprint density at radius 3 is 2.76 bits per heavy atom. The van der Waals surface area contributed by atoms with Gasteiger partial charge in [-0.15, -0.1) is 0 Å². The number of hydrogen-bond acceptors (Lipinski definition) is 3. The van der Waals surface area contributed by atoms with E-state index in [0.29, 0.717) is 6.42 Å². The van der Waals surface area contributed by atoms with Crippen LogP contribution in [0.4, 0.5) is 13.2 Å². The molecule has 2 N–H and O–H groups in total. The molecule has 2 rings (SSSR count). The Kier molecular flexibility index (Phi) is 4.55. The average molecular weight is 305 g/mol. The van der Waals surface area contributed by atoms with Crippen molar-refractivity contribution in [3.63, 3.8) is 0 Å². The van der Waals surface area contributed by atoms with E-state index in [4.69, 9.17) is 0 Å². The Bertz CT molecular complexity index is 513. The van der Waals surface area contributed by atoms with Crippen LogP contribution in [0.25, 0.3) is 0 Å². The fourth-order valence-electron chi connectivity index (χ4n) is 2.66. The number of aromatic nitrogens is 2. The van der Waals surface area contributed by atoms with Crippen LogP contribution >= 0.6 is 0 Å². The number of nitrogens with one attached hydrogen (secondary N) is 1.